The van der Waals surface area contributed by atoms with Crippen molar-refractivity contribution < 1.29 is 14.6 Å². The molecule has 0 atom stereocenters. The normalized spacial score (nSPS) is 11.2. The highest BCUT2D eigenvalue weighted by atomic mass is 16.5. The summed E-state index contributed by atoms with van der Waals surface area (Å²) < 4.78 is 6.03. The fourth-order valence-electron chi connectivity index (χ4n) is 3.17. The molecule has 0 radical (unpaired) electrons. The Kier molecular flexibility index (Phi) is 6.01. The summed E-state index contributed by atoms with van der Waals surface area (Å²) in [6.45, 7) is 6.61. The van der Waals surface area contributed by atoms with Crippen LogP contribution < -0.4 is 10.5 Å². The summed E-state index contributed by atoms with van der Waals surface area (Å²) in [4.78, 5) is 15.9. The third kappa shape index (κ3) is 3.78. The minimum absolute atomic E-state index is 0.0530. The van der Waals surface area contributed by atoms with Gasteiger partial charge in [-0.3, -0.25) is 4.98 Å². The first-order valence-electron chi connectivity index (χ1n) is 8.54. The molecule has 2 aromatic rings. The summed E-state index contributed by atoms with van der Waals surface area (Å²) in [5.74, 6) is 0.0371. The largest absolute Gasteiger partial charge is 0.493 e. The number of hydrogen-bond donors (Lipinski definition) is 2. The number of anilines is 1. The Morgan fingerprint density at radius 2 is 1.96 bits per heavy atom. The fourth-order valence-corrected chi connectivity index (χ4v) is 3.17. The number of aryl methyl sites for hydroxylation is 1. The van der Waals surface area contributed by atoms with Gasteiger partial charge < -0.3 is 15.6 Å². The number of ether oxygens (including phenoxy) is 1. The van der Waals surface area contributed by atoms with E-state index in [4.69, 9.17) is 10.5 Å². The fraction of sp³-hybridized carbons (Fsp3) is 0.474. The third-order valence-corrected chi connectivity index (χ3v) is 4.28. The van der Waals surface area contributed by atoms with E-state index < -0.39 is 5.97 Å². The molecule has 0 unspecified atom stereocenters. The number of hydrogen-bond acceptors (Lipinski definition) is 4. The van der Waals surface area contributed by atoms with Crippen molar-refractivity contribution in [3.8, 4) is 5.75 Å². The van der Waals surface area contributed by atoms with Crippen molar-refractivity contribution in [3.63, 3.8) is 0 Å². The number of pyridine rings is 1. The van der Waals surface area contributed by atoms with Crippen LogP contribution in [-0.2, 0) is 0 Å². The van der Waals surface area contributed by atoms with Crippen molar-refractivity contribution in [2.24, 2.45) is 5.92 Å². The Hall–Kier alpha value is -2.30. The number of aromatic carboxylic acids is 1. The SMILES string of the molecule is CCCC(CCC)COc1cccc2nc(C)c(C(=O)O)c(N)c12. The predicted octanol–water partition coefficient (Wildman–Crippen LogP) is 4.42. The highest BCUT2D eigenvalue weighted by Gasteiger charge is 2.19. The summed E-state index contributed by atoms with van der Waals surface area (Å²) in [6.07, 6.45) is 4.48. The Morgan fingerprint density at radius 1 is 1.29 bits per heavy atom. The lowest BCUT2D eigenvalue weighted by Gasteiger charge is -2.18. The van der Waals surface area contributed by atoms with Gasteiger partial charge in [0.05, 0.1) is 28.9 Å². The molecule has 1 heterocycles. The van der Waals surface area contributed by atoms with E-state index >= 15 is 0 Å². The summed E-state index contributed by atoms with van der Waals surface area (Å²) in [5.41, 5.74) is 7.50. The summed E-state index contributed by atoms with van der Waals surface area (Å²) in [6, 6.07) is 5.52. The van der Waals surface area contributed by atoms with Gasteiger partial charge in [-0.2, -0.15) is 0 Å². The molecule has 0 aliphatic carbocycles. The van der Waals surface area contributed by atoms with Crippen LogP contribution in [0.15, 0.2) is 18.2 Å². The predicted molar refractivity (Wildman–Crippen MR) is 96.7 cm³/mol. The highest BCUT2D eigenvalue weighted by Crippen LogP contribution is 2.34. The van der Waals surface area contributed by atoms with Crippen LogP contribution in [-0.4, -0.2) is 22.7 Å². The van der Waals surface area contributed by atoms with E-state index in [9.17, 15) is 9.90 Å². The molecule has 3 N–H and O–H groups in total. The summed E-state index contributed by atoms with van der Waals surface area (Å²) >= 11 is 0. The molecule has 0 bridgehead atoms. The first-order chi connectivity index (χ1) is 11.5. The summed E-state index contributed by atoms with van der Waals surface area (Å²) in [7, 11) is 0. The molecule has 0 spiro atoms. The molecule has 0 amide bonds. The zero-order valence-corrected chi connectivity index (χ0v) is 14.6. The van der Waals surface area contributed by atoms with Gasteiger partial charge in [0.15, 0.2) is 0 Å². The van der Waals surface area contributed by atoms with Crippen LogP contribution in [0.4, 0.5) is 5.69 Å². The van der Waals surface area contributed by atoms with Gasteiger partial charge in [0.25, 0.3) is 0 Å². The molecule has 0 saturated heterocycles. The molecular weight excluding hydrogens is 304 g/mol. The molecule has 2 rings (SSSR count). The second-order valence-corrected chi connectivity index (χ2v) is 6.20. The minimum Gasteiger partial charge on any atom is -0.493 e. The van der Waals surface area contributed by atoms with E-state index in [2.05, 4.69) is 18.8 Å². The van der Waals surface area contributed by atoms with E-state index in [-0.39, 0.29) is 11.3 Å². The molecule has 0 aliphatic heterocycles. The average molecular weight is 330 g/mol. The van der Waals surface area contributed by atoms with Gasteiger partial charge in [0.1, 0.15) is 11.3 Å². The molecule has 0 aliphatic rings. The number of fused-ring (bicyclic) bond motifs is 1. The highest BCUT2D eigenvalue weighted by molar-refractivity contribution is 6.06. The van der Waals surface area contributed by atoms with Crippen LogP contribution in [0.25, 0.3) is 10.9 Å². The molecule has 0 saturated carbocycles. The Balaban J connectivity index is 2.40. The van der Waals surface area contributed by atoms with E-state index in [1.165, 1.54) is 0 Å². The standard InChI is InChI=1S/C19H26N2O3/c1-4-7-13(8-5-2)11-24-15-10-6-9-14-17(15)18(20)16(19(22)23)12(3)21-14/h6,9-10,13H,4-5,7-8,11H2,1-3H3,(H2,20,21)(H,22,23). The summed E-state index contributed by atoms with van der Waals surface area (Å²) in [5, 5.41) is 9.98. The molecule has 5 nitrogen and oxygen atoms in total. The smallest absolute Gasteiger partial charge is 0.339 e. The molecule has 1 aromatic carbocycles. The first-order valence-corrected chi connectivity index (χ1v) is 8.54. The molecule has 0 fully saturated rings. The zero-order valence-electron chi connectivity index (χ0n) is 14.6. The van der Waals surface area contributed by atoms with Crippen molar-refractivity contribution in [3.05, 3.63) is 29.5 Å². The number of benzene rings is 1. The molecule has 1 aromatic heterocycles. The second kappa shape index (κ2) is 7.99. The quantitative estimate of drug-likeness (QED) is 0.748. The Labute approximate surface area is 142 Å². The van der Waals surface area contributed by atoms with E-state index in [1.54, 1.807) is 6.92 Å². The maximum atomic E-state index is 11.5. The first kappa shape index (κ1) is 18.0. The second-order valence-electron chi connectivity index (χ2n) is 6.20. The number of nitrogens with zero attached hydrogens (tertiary/aromatic N) is 1. The average Bonchev–Trinajstić information content (AvgIpc) is 2.52. The number of nitrogens with two attached hydrogens (primary N) is 1. The Bertz CT molecular complexity index is 722. The topological polar surface area (TPSA) is 85.4 Å². The van der Waals surface area contributed by atoms with Gasteiger partial charge in [-0.15, -0.1) is 0 Å². The number of aromatic nitrogens is 1. The van der Waals surface area contributed by atoms with Crippen molar-refractivity contribution in [1.29, 1.82) is 0 Å². The monoisotopic (exact) mass is 330 g/mol. The van der Waals surface area contributed by atoms with Crippen LogP contribution in [0.2, 0.25) is 0 Å². The van der Waals surface area contributed by atoms with Crippen molar-refractivity contribution in [2.75, 3.05) is 12.3 Å². The van der Waals surface area contributed by atoms with Gasteiger partial charge in [0.2, 0.25) is 0 Å². The zero-order chi connectivity index (χ0) is 17.7. The number of carbonyl (C=O) groups is 1. The van der Waals surface area contributed by atoms with E-state index in [0.717, 1.165) is 25.7 Å². The number of carboxylic acids is 1. The Morgan fingerprint density at radius 3 is 2.54 bits per heavy atom. The van der Waals surface area contributed by atoms with Crippen LogP contribution in [0, 0.1) is 12.8 Å². The van der Waals surface area contributed by atoms with Gasteiger partial charge >= 0.3 is 5.97 Å². The molecular formula is C19H26N2O3. The van der Waals surface area contributed by atoms with E-state index in [1.807, 2.05) is 18.2 Å². The minimum atomic E-state index is -1.07. The van der Waals surface area contributed by atoms with Crippen LogP contribution in [0.5, 0.6) is 5.75 Å². The number of carboxylic acid groups (broad SMARTS) is 1. The third-order valence-electron chi connectivity index (χ3n) is 4.28. The van der Waals surface area contributed by atoms with Crippen LogP contribution in [0.1, 0.15) is 55.6 Å². The van der Waals surface area contributed by atoms with Crippen LogP contribution >= 0.6 is 0 Å². The lowest BCUT2D eigenvalue weighted by atomic mass is 9.99. The van der Waals surface area contributed by atoms with Crippen molar-refractivity contribution in [2.45, 2.75) is 46.5 Å². The van der Waals surface area contributed by atoms with Gasteiger partial charge in [-0.25, -0.2) is 4.79 Å². The maximum Gasteiger partial charge on any atom is 0.339 e. The number of nitrogen functional groups attached to an aromatic ring is 1. The lowest BCUT2D eigenvalue weighted by molar-refractivity contribution is 0.0697. The van der Waals surface area contributed by atoms with Crippen LogP contribution in [0.3, 0.4) is 0 Å². The van der Waals surface area contributed by atoms with Gasteiger partial charge in [-0.05, 0) is 37.8 Å². The molecule has 5 heteroatoms. The maximum absolute atomic E-state index is 11.5. The van der Waals surface area contributed by atoms with E-state index in [0.29, 0.717) is 34.9 Å². The number of rotatable bonds is 8. The van der Waals surface area contributed by atoms with Crippen molar-refractivity contribution in [1.82, 2.24) is 4.98 Å². The van der Waals surface area contributed by atoms with Crippen molar-refractivity contribution >= 4 is 22.6 Å². The molecule has 24 heavy (non-hydrogen) atoms. The van der Waals surface area contributed by atoms with Gasteiger partial charge in [-0.1, -0.05) is 32.8 Å². The lowest BCUT2D eigenvalue weighted by Crippen LogP contribution is -2.13. The molecule has 130 valence electrons. The van der Waals surface area contributed by atoms with Gasteiger partial charge in [0, 0.05) is 0 Å².